The van der Waals surface area contributed by atoms with E-state index in [-0.39, 0.29) is 11.0 Å². The molecule has 0 bridgehead atoms. The summed E-state index contributed by atoms with van der Waals surface area (Å²) in [4.78, 5) is 16.4. The predicted octanol–water partition coefficient (Wildman–Crippen LogP) is 2.81. The molecule has 1 saturated heterocycles. The second-order valence-corrected chi connectivity index (χ2v) is 6.72. The average molecular weight is 253 g/mol. The highest BCUT2D eigenvalue weighted by Crippen LogP contribution is 2.33. The van der Waals surface area contributed by atoms with E-state index in [0.29, 0.717) is 5.25 Å². The maximum absolute atomic E-state index is 12.3. The van der Waals surface area contributed by atoms with Crippen molar-refractivity contribution in [3.05, 3.63) is 29.6 Å². The highest BCUT2D eigenvalue weighted by atomic mass is 32.2. The van der Waals surface area contributed by atoms with Crippen molar-refractivity contribution in [3.8, 4) is 0 Å². The third-order valence-electron chi connectivity index (χ3n) is 2.61. The van der Waals surface area contributed by atoms with Gasteiger partial charge in [0.2, 0.25) is 0 Å². The maximum Gasteiger partial charge on any atom is 0.178 e. The van der Waals surface area contributed by atoms with Crippen molar-refractivity contribution in [2.75, 3.05) is 11.5 Å². The maximum atomic E-state index is 12.3. The number of thioether (sulfide) groups is 2. The summed E-state index contributed by atoms with van der Waals surface area (Å²) in [6.07, 6.45) is 3.46. The summed E-state index contributed by atoms with van der Waals surface area (Å²) in [5.41, 5.74) is 1.80. The number of rotatable bonds is 2. The number of carbonyl (C=O) groups is 1. The molecule has 2 atom stereocenters. The van der Waals surface area contributed by atoms with Crippen LogP contribution in [0, 0.1) is 6.92 Å². The molecule has 1 aliphatic heterocycles. The molecule has 1 aliphatic rings. The first kappa shape index (κ1) is 12.0. The van der Waals surface area contributed by atoms with Crippen LogP contribution < -0.4 is 0 Å². The molecule has 86 valence electrons. The Morgan fingerprint density at radius 3 is 2.81 bits per heavy atom. The summed E-state index contributed by atoms with van der Waals surface area (Å²) in [6.45, 7) is 4.11. The Morgan fingerprint density at radius 1 is 1.38 bits per heavy atom. The third-order valence-corrected chi connectivity index (χ3v) is 5.70. The Morgan fingerprint density at radius 2 is 2.12 bits per heavy atom. The van der Waals surface area contributed by atoms with Crippen molar-refractivity contribution < 1.29 is 4.79 Å². The second-order valence-electron chi connectivity index (χ2n) is 3.98. The largest absolute Gasteiger partial charge is 0.293 e. The molecule has 0 saturated carbocycles. The smallest absolute Gasteiger partial charge is 0.178 e. The van der Waals surface area contributed by atoms with E-state index in [1.165, 1.54) is 0 Å². The first-order chi connectivity index (χ1) is 7.68. The minimum absolute atomic E-state index is 0.0994. The summed E-state index contributed by atoms with van der Waals surface area (Å²) >= 11 is 3.67. The number of aromatic nitrogens is 1. The van der Waals surface area contributed by atoms with Gasteiger partial charge in [0.1, 0.15) is 0 Å². The van der Waals surface area contributed by atoms with E-state index >= 15 is 0 Å². The van der Waals surface area contributed by atoms with Crippen LogP contribution in [0.2, 0.25) is 0 Å². The number of pyridine rings is 1. The van der Waals surface area contributed by atoms with Gasteiger partial charge < -0.3 is 0 Å². The lowest BCUT2D eigenvalue weighted by atomic mass is 10.1. The number of hydrogen-bond donors (Lipinski definition) is 0. The SMILES string of the molecule is Cc1cncc(C(=O)C2SCCSC2C)c1. The summed E-state index contributed by atoms with van der Waals surface area (Å²) < 4.78 is 0. The number of Topliss-reactive ketones (excluding diaryl/α,β-unsaturated/α-hetero) is 1. The zero-order chi connectivity index (χ0) is 11.5. The molecule has 0 aliphatic carbocycles. The molecule has 1 aromatic rings. The number of hydrogen-bond acceptors (Lipinski definition) is 4. The van der Waals surface area contributed by atoms with Crippen molar-refractivity contribution in [2.24, 2.45) is 0 Å². The second kappa shape index (κ2) is 5.23. The van der Waals surface area contributed by atoms with Gasteiger partial charge in [-0.25, -0.2) is 0 Å². The fraction of sp³-hybridized carbons (Fsp3) is 0.500. The monoisotopic (exact) mass is 253 g/mol. The summed E-state index contributed by atoms with van der Waals surface area (Å²) in [5.74, 6) is 2.47. The fourth-order valence-corrected chi connectivity index (χ4v) is 4.50. The minimum atomic E-state index is 0.0994. The van der Waals surface area contributed by atoms with Crippen LogP contribution in [0.1, 0.15) is 22.8 Å². The van der Waals surface area contributed by atoms with Gasteiger partial charge in [0, 0.05) is 34.7 Å². The van der Waals surface area contributed by atoms with Crippen LogP contribution in [0.5, 0.6) is 0 Å². The van der Waals surface area contributed by atoms with Crippen LogP contribution >= 0.6 is 23.5 Å². The van der Waals surface area contributed by atoms with Crippen molar-refractivity contribution in [1.82, 2.24) is 4.98 Å². The lowest BCUT2D eigenvalue weighted by Gasteiger charge is -2.26. The van der Waals surface area contributed by atoms with Gasteiger partial charge in [-0.15, -0.1) is 11.8 Å². The van der Waals surface area contributed by atoms with Crippen LogP contribution in [0.3, 0.4) is 0 Å². The van der Waals surface area contributed by atoms with Gasteiger partial charge in [-0.1, -0.05) is 6.92 Å². The molecule has 0 radical (unpaired) electrons. The van der Waals surface area contributed by atoms with Crippen LogP contribution in [-0.4, -0.2) is 32.8 Å². The predicted molar refractivity (Wildman–Crippen MR) is 71.5 cm³/mol. The molecular formula is C12H15NOS2. The molecule has 0 amide bonds. The lowest BCUT2D eigenvalue weighted by Crippen LogP contribution is -2.31. The fourth-order valence-electron chi connectivity index (χ4n) is 1.77. The van der Waals surface area contributed by atoms with Gasteiger partial charge in [0.25, 0.3) is 0 Å². The molecule has 2 heterocycles. The minimum Gasteiger partial charge on any atom is -0.293 e. The van der Waals surface area contributed by atoms with Crippen molar-refractivity contribution >= 4 is 29.3 Å². The van der Waals surface area contributed by atoms with Gasteiger partial charge in [-0.05, 0) is 18.6 Å². The van der Waals surface area contributed by atoms with Gasteiger partial charge in [0.05, 0.1) is 5.25 Å². The summed E-state index contributed by atoms with van der Waals surface area (Å²) in [7, 11) is 0. The molecule has 2 nitrogen and oxygen atoms in total. The molecule has 0 spiro atoms. The topological polar surface area (TPSA) is 30.0 Å². The van der Waals surface area contributed by atoms with E-state index in [4.69, 9.17) is 0 Å². The average Bonchev–Trinajstić information content (AvgIpc) is 2.29. The van der Waals surface area contributed by atoms with Crippen LogP contribution in [-0.2, 0) is 0 Å². The summed E-state index contributed by atoms with van der Waals surface area (Å²) in [6, 6.07) is 1.93. The zero-order valence-corrected chi connectivity index (χ0v) is 11.1. The Balaban J connectivity index is 2.17. The normalized spacial score (nSPS) is 25.4. The van der Waals surface area contributed by atoms with E-state index in [0.717, 1.165) is 22.6 Å². The Labute approximate surface area is 105 Å². The standard InChI is InChI=1S/C12H15NOS2/c1-8-5-10(7-13-6-8)11(14)12-9(2)15-3-4-16-12/h5-7,9,12H,3-4H2,1-2H3. The molecule has 2 unspecified atom stereocenters. The van der Waals surface area contributed by atoms with E-state index < -0.39 is 0 Å². The molecule has 1 aromatic heterocycles. The van der Waals surface area contributed by atoms with Crippen molar-refractivity contribution in [2.45, 2.75) is 24.3 Å². The number of ketones is 1. The Kier molecular flexibility index (Phi) is 3.92. The number of nitrogens with zero attached hydrogens (tertiary/aromatic N) is 1. The van der Waals surface area contributed by atoms with E-state index in [9.17, 15) is 4.79 Å². The highest BCUT2D eigenvalue weighted by molar-refractivity contribution is 8.07. The van der Waals surface area contributed by atoms with E-state index in [1.807, 2.05) is 24.8 Å². The Bertz CT molecular complexity index is 394. The molecule has 2 rings (SSSR count). The van der Waals surface area contributed by atoms with Crippen LogP contribution in [0.4, 0.5) is 0 Å². The van der Waals surface area contributed by atoms with Crippen LogP contribution in [0.15, 0.2) is 18.5 Å². The molecule has 16 heavy (non-hydrogen) atoms. The zero-order valence-electron chi connectivity index (χ0n) is 9.47. The van der Waals surface area contributed by atoms with Gasteiger partial charge >= 0.3 is 0 Å². The quantitative estimate of drug-likeness (QED) is 0.758. The highest BCUT2D eigenvalue weighted by Gasteiger charge is 2.29. The van der Waals surface area contributed by atoms with Gasteiger partial charge in [-0.2, -0.15) is 11.8 Å². The van der Waals surface area contributed by atoms with Gasteiger partial charge in [0.15, 0.2) is 5.78 Å². The molecular weight excluding hydrogens is 238 g/mol. The first-order valence-electron chi connectivity index (χ1n) is 5.37. The van der Waals surface area contributed by atoms with Gasteiger partial charge in [-0.3, -0.25) is 9.78 Å². The number of aryl methyl sites for hydroxylation is 1. The molecule has 1 fully saturated rings. The molecule has 4 heteroatoms. The molecule has 0 aromatic carbocycles. The number of carbonyl (C=O) groups excluding carboxylic acids is 1. The lowest BCUT2D eigenvalue weighted by molar-refractivity contribution is 0.0989. The summed E-state index contributed by atoms with van der Waals surface area (Å²) in [5, 5.41) is 0.508. The molecule has 0 N–H and O–H groups in total. The third kappa shape index (κ3) is 2.61. The Hall–Kier alpha value is -0.480. The van der Waals surface area contributed by atoms with E-state index in [2.05, 4.69) is 11.9 Å². The first-order valence-corrected chi connectivity index (χ1v) is 7.47. The van der Waals surface area contributed by atoms with Crippen molar-refractivity contribution in [3.63, 3.8) is 0 Å². The van der Waals surface area contributed by atoms with E-state index in [1.54, 1.807) is 24.2 Å². The van der Waals surface area contributed by atoms with Crippen molar-refractivity contribution in [1.29, 1.82) is 0 Å². The van der Waals surface area contributed by atoms with Crippen LogP contribution in [0.25, 0.3) is 0 Å².